The molecule has 3 heteroatoms. The van der Waals surface area contributed by atoms with Gasteiger partial charge in [0.1, 0.15) is 18.1 Å². The van der Waals surface area contributed by atoms with Crippen LogP contribution in [0.15, 0.2) is 24.3 Å². The predicted octanol–water partition coefficient (Wildman–Crippen LogP) is 2.24. The molecule has 0 spiro atoms. The van der Waals surface area contributed by atoms with E-state index >= 15 is 0 Å². The number of ether oxygens (including phenoxy) is 2. The zero-order valence-corrected chi connectivity index (χ0v) is 9.27. The van der Waals surface area contributed by atoms with E-state index in [1.54, 1.807) is 7.11 Å². The van der Waals surface area contributed by atoms with Gasteiger partial charge in [0.15, 0.2) is 0 Å². The summed E-state index contributed by atoms with van der Waals surface area (Å²) in [7, 11) is 1.63. The summed E-state index contributed by atoms with van der Waals surface area (Å²) < 4.78 is 10.4. The van der Waals surface area contributed by atoms with Gasteiger partial charge in [-0.1, -0.05) is 13.3 Å². The standard InChI is InChI=1S/C12H18O3/c1-3-4-10(13)9-15-12-7-5-11(14-2)6-8-12/h5-8,10,13H,3-4,9H2,1-2H3/t10-/m0/s1. The summed E-state index contributed by atoms with van der Waals surface area (Å²) in [6.07, 6.45) is 1.36. The largest absolute Gasteiger partial charge is 0.497 e. The lowest BCUT2D eigenvalue weighted by Crippen LogP contribution is -2.16. The summed E-state index contributed by atoms with van der Waals surface area (Å²) in [5.74, 6) is 1.56. The molecule has 0 aromatic heterocycles. The van der Waals surface area contributed by atoms with E-state index in [4.69, 9.17) is 9.47 Å². The lowest BCUT2D eigenvalue weighted by molar-refractivity contribution is 0.0993. The van der Waals surface area contributed by atoms with Gasteiger partial charge in [0, 0.05) is 0 Å². The van der Waals surface area contributed by atoms with Gasteiger partial charge < -0.3 is 14.6 Å². The van der Waals surface area contributed by atoms with Gasteiger partial charge in [-0.05, 0) is 30.7 Å². The maximum atomic E-state index is 9.46. The lowest BCUT2D eigenvalue weighted by atomic mass is 10.2. The van der Waals surface area contributed by atoms with Crippen LogP contribution in [0.4, 0.5) is 0 Å². The van der Waals surface area contributed by atoms with E-state index in [1.165, 1.54) is 0 Å². The Morgan fingerprint density at radius 2 is 1.80 bits per heavy atom. The SMILES string of the molecule is CCC[C@H](O)COc1ccc(OC)cc1. The van der Waals surface area contributed by atoms with Crippen LogP contribution in [0.5, 0.6) is 11.5 Å². The van der Waals surface area contributed by atoms with Gasteiger partial charge in [-0.25, -0.2) is 0 Å². The first-order chi connectivity index (χ1) is 7.26. The highest BCUT2D eigenvalue weighted by Crippen LogP contribution is 2.17. The molecule has 0 bridgehead atoms. The Morgan fingerprint density at radius 1 is 1.20 bits per heavy atom. The first kappa shape index (κ1) is 11.9. The first-order valence-electron chi connectivity index (χ1n) is 5.21. The van der Waals surface area contributed by atoms with Crippen LogP contribution in [0.3, 0.4) is 0 Å². The average molecular weight is 210 g/mol. The molecule has 0 amide bonds. The van der Waals surface area contributed by atoms with Crippen LogP contribution in [0, 0.1) is 0 Å². The van der Waals surface area contributed by atoms with Crippen molar-refractivity contribution in [3.05, 3.63) is 24.3 Å². The van der Waals surface area contributed by atoms with Crippen molar-refractivity contribution in [2.24, 2.45) is 0 Å². The van der Waals surface area contributed by atoms with E-state index in [-0.39, 0.29) is 6.10 Å². The van der Waals surface area contributed by atoms with E-state index in [0.29, 0.717) is 6.61 Å². The fraction of sp³-hybridized carbons (Fsp3) is 0.500. The normalized spacial score (nSPS) is 12.2. The van der Waals surface area contributed by atoms with Gasteiger partial charge in [-0.2, -0.15) is 0 Å². The molecule has 1 aromatic rings. The van der Waals surface area contributed by atoms with Gasteiger partial charge in [-0.3, -0.25) is 0 Å². The average Bonchev–Trinajstić information content (AvgIpc) is 2.27. The maximum absolute atomic E-state index is 9.46. The summed E-state index contributed by atoms with van der Waals surface area (Å²) in [4.78, 5) is 0. The van der Waals surface area contributed by atoms with Crippen LogP contribution in [0.25, 0.3) is 0 Å². The third-order valence-corrected chi connectivity index (χ3v) is 2.12. The first-order valence-corrected chi connectivity index (χ1v) is 5.21. The summed E-state index contributed by atoms with van der Waals surface area (Å²) in [5.41, 5.74) is 0. The Balaban J connectivity index is 2.37. The molecule has 0 aliphatic rings. The van der Waals surface area contributed by atoms with Crippen molar-refractivity contribution < 1.29 is 14.6 Å². The van der Waals surface area contributed by atoms with Crippen molar-refractivity contribution in [2.45, 2.75) is 25.9 Å². The van der Waals surface area contributed by atoms with Crippen LogP contribution in [0.2, 0.25) is 0 Å². The van der Waals surface area contributed by atoms with Crippen molar-refractivity contribution in [1.29, 1.82) is 0 Å². The molecule has 1 rings (SSSR count). The molecule has 0 aliphatic heterocycles. The molecular formula is C12H18O3. The number of hydrogen-bond acceptors (Lipinski definition) is 3. The summed E-state index contributed by atoms with van der Waals surface area (Å²) >= 11 is 0. The Labute approximate surface area is 90.6 Å². The molecule has 1 N–H and O–H groups in total. The topological polar surface area (TPSA) is 38.7 Å². The molecule has 0 radical (unpaired) electrons. The monoisotopic (exact) mass is 210 g/mol. The third kappa shape index (κ3) is 4.21. The van der Waals surface area contributed by atoms with Crippen molar-refractivity contribution in [3.8, 4) is 11.5 Å². The number of methoxy groups -OCH3 is 1. The molecule has 0 unspecified atom stereocenters. The molecule has 0 saturated carbocycles. The van der Waals surface area contributed by atoms with Crippen molar-refractivity contribution in [2.75, 3.05) is 13.7 Å². The highest BCUT2D eigenvalue weighted by atomic mass is 16.5. The quantitative estimate of drug-likeness (QED) is 0.782. The van der Waals surface area contributed by atoms with Gasteiger partial charge in [0.25, 0.3) is 0 Å². The minimum absolute atomic E-state index is 0.347. The highest BCUT2D eigenvalue weighted by molar-refractivity contribution is 5.31. The molecule has 3 nitrogen and oxygen atoms in total. The van der Waals surface area contributed by atoms with E-state index in [2.05, 4.69) is 0 Å². The number of rotatable bonds is 6. The van der Waals surface area contributed by atoms with Crippen molar-refractivity contribution in [1.82, 2.24) is 0 Å². The van der Waals surface area contributed by atoms with Crippen LogP contribution in [-0.4, -0.2) is 24.9 Å². The minimum atomic E-state index is -0.378. The van der Waals surface area contributed by atoms with Crippen molar-refractivity contribution >= 4 is 0 Å². The summed E-state index contributed by atoms with van der Waals surface area (Å²) in [5, 5.41) is 9.46. The second-order valence-electron chi connectivity index (χ2n) is 3.43. The van der Waals surface area contributed by atoms with Gasteiger partial charge in [-0.15, -0.1) is 0 Å². The predicted molar refractivity (Wildman–Crippen MR) is 59.4 cm³/mol. The van der Waals surface area contributed by atoms with Gasteiger partial charge in [0.05, 0.1) is 13.2 Å². The number of benzene rings is 1. The summed E-state index contributed by atoms with van der Waals surface area (Å²) in [6, 6.07) is 7.33. The lowest BCUT2D eigenvalue weighted by Gasteiger charge is -2.11. The molecule has 0 saturated heterocycles. The molecule has 1 atom stereocenters. The number of aliphatic hydroxyl groups is 1. The van der Waals surface area contributed by atoms with E-state index in [0.717, 1.165) is 24.3 Å². The molecule has 0 fully saturated rings. The Morgan fingerprint density at radius 3 is 2.33 bits per heavy atom. The Bertz CT molecular complexity index is 269. The minimum Gasteiger partial charge on any atom is -0.497 e. The fourth-order valence-electron chi connectivity index (χ4n) is 1.28. The summed E-state index contributed by atoms with van der Waals surface area (Å²) in [6.45, 7) is 2.39. The Kier molecular flexibility index (Phi) is 4.98. The zero-order chi connectivity index (χ0) is 11.1. The number of aliphatic hydroxyl groups excluding tert-OH is 1. The van der Waals surface area contributed by atoms with Crippen LogP contribution in [-0.2, 0) is 0 Å². The molecule has 15 heavy (non-hydrogen) atoms. The second-order valence-corrected chi connectivity index (χ2v) is 3.43. The van der Waals surface area contributed by atoms with E-state index in [9.17, 15) is 5.11 Å². The molecule has 0 heterocycles. The third-order valence-electron chi connectivity index (χ3n) is 2.12. The highest BCUT2D eigenvalue weighted by Gasteiger charge is 2.03. The fourth-order valence-corrected chi connectivity index (χ4v) is 1.28. The Hall–Kier alpha value is -1.22. The van der Waals surface area contributed by atoms with Crippen molar-refractivity contribution in [3.63, 3.8) is 0 Å². The van der Waals surface area contributed by atoms with Crippen LogP contribution in [0.1, 0.15) is 19.8 Å². The van der Waals surface area contributed by atoms with E-state index in [1.807, 2.05) is 31.2 Å². The molecule has 84 valence electrons. The maximum Gasteiger partial charge on any atom is 0.119 e. The van der Waals surface area contributed by atoms with Gasteiger partial charge >= 0.3 is 0 Å². The smallest absolute Gasteiger partial charge is 0.119 e. The van der Waals surface area contributed by atoms with Gasteiger partial charge in [0.2, 0.25) is 0 Å². The second kappa shape index (κ2) is 6.30. The molecule has 1 aromatic carbocycles. The molecule has 0 aliphatic carbocycles. The number of hydrogen-bond donors (Lipinski definition) is 1. The van der Waals surface area contributed by atoms with E-state index < -0.39 is 0 Å². The zero-order valence-electron chi connectivity index (χ0n) is 9.27. The van der Waals surface area contributed by atoms with Crippen LogP contribution >= 0.6 is 0 Å². The van der Waals surface area contributed by atoms with Crippen LogP contribution < -0.4 is 9.47 Å². The molecular weight excluding hydrogens is 192 g/mol.